The molecule has 2 aliphatic heterocycles. The molecule has 21 heavy (non-hydrogen) atoms. The Hall–Kier alpha value is -1.82. The molecule has 1 saturated heterocycles. The average Bonchev–Trinajstić information content (AvgIpc) is 2.85. The zero-order chi connectivity index (χ0) is 15.0. The number of amides is 1. The van der Waals surface area contributed by atoms with E-state index in [2.05, 4.69) is 0 Å². The molecule has 2 aliphatic rings. The molecule has 6 heteroatoms. The smallest absolute Gasteiger partial charge is 0.253 e. The summed E-state index contributed by atoms with van der Waals surface area (Å²) in [5, 5.41) is 0. The van der Waals surface area contributed by atoms with Gasteiger partial charge in [-0.25, -0.2) is 8.42 Å². The van der Waals surface area contributed by atoms with Crippen molar-refractivity contribution in [1.82, 2.24) is 4.90 Å². The van der Waals surface area contributed by atoms with Crippen molar-refractivity contribution >= 4 is 21.8 Å². The maximum atomic E-state index is 12.5. The third-order valence-corrected chi connectivity index (χ3v) is 5.73. The number of hydrogen-bond acceptors (Lipinski definition) is 4. The highest BCUT2D eigenvalue weighted by molar-refractivity contribution is 7.91. The molecule has 0 unspecified atom stereocenters. The SMILES string of the molecule is CN(C(=O)C1=Cc2ccccc2OC1)[C@H]1CCS(=O)(=O)C1. The lowest BCUT2D eigenvalue weighted by atomic mass is 10.1. The van der Waals surface area contributed by atoms with Crippen molar-refractivity contribution in [2.45, 2.75) is 12.5 Å². The lowest BCUT2D eigenvalue weighted by Gasteiger charge is -2.26. The first kappa shape index (κ1) is 14.1. The number of hydrogen-bond donors (Lipinski definition) is 0. The summed E-state index contributed by atoms with van der Waals surface area (Å²) in [6, 6.07) is 7.29. The summed E-state index contributed by atoms with van der Waals surface area (Å²) >= 11 is 0. The Bertz CT molecular complexity index is 708. The number of likely N-dealkylation sites (N-methyl/N-ethyl adjacent to an activating group) is 1. The van der Waals surface area contributed by atoms with Gasteiger partial charge in [-0.2, -0.15) is 0 Å². The normalized spacial score (nSPS) is 22.9. The number of nitrogens with zero attached hydrogens (tertiary/aromatic N) is 1. The summed E-state index contributed by atoms with van der Waals surface area (Å²) < 4.78 is 28.6. The van der Waals surface area contributed by atoms with Gasteiger partial charge in [0.2, 0.25) is 0 Å². The summed E-state index contributed by atoms with van der Waals surface area (Å²) in [6.45, 7) is 0.222. The van der Waals surface area contributed by atoms with Crippen molar-refractivity contribution in [3.05, 3.63) is 35.4 Å². The fourth-order valence-corrected chi connectivity index (χ4v) is 4.49. The predicted octanol–water partition coefficient (Wildman–Crippen LogP) is 1.11. The molecule has 0 aliphatic carbocycles. The van der Waals surface area contributed by atoms with Crippen LogP contribution in [0.4, 0.5) is 0 Å². The molecule has 1 amide bonds. The van der Waals surface area contributed by atoms with Gasteiger partial charge >= 0.3 is 0 Å². The maximum Gasteiger partial charge on any atom is 0.253 e. The Morgan fingerprint density at radius 2 is 2.10 bits per heavy atom. The summed E-state index contributed by atoms with van der Waals surface area (Å²) in [7, 11) is -1.34. The van der Waals surface area contributed by atoms with Crippen molar-refractivity contribution in [3.8, 4) is 5.75 Å². The van der Waals surface area contributed by atoms with Crippen LogP contribution in [0.2, 0.25) is 0 Å². The highest BCUT2D eigenvalue weighted by Crippen LogP contribution is 2.27. The summed E-state index contributed by atoms with van der Waals surface area (Å²) in [5.41, 5.74) is 1.43. The number of sulfone groups is 1. The average molecular weight is 307 g/mol. The van der Waals surface area contributed by atoms with Gasteiger partial charge < -0.3 is 9.64 Å². The van der Waals surface area contributed by atoms with Gasteiger partial charge in [0, 0.05) is 18.7 Å². The number of rotatable bonds is 2. The molecule has 0 bridgehead atoms. The first-order chi connectivity index (χ1) is 9.96. The second-order valence-corrected chi connectivity index (χ2v) is 7.70. The lowest BCUT2D eigenvalue weighted by molar-refractivity contribution is -0.127. The molecular weight excluding hydrogens is 290 g/mol. The van der Waals surface area contributed by atoms with E-state index in [4.69, 9.17) is 4.74 Å². The van der Waals surface area contributed by atoms with Crippen LogP contribution in [0.15, 0.2) is 29.8 Å². The molecule has 0 N–H and O–H groups in total. The van der Waals surface area contributed by atoms with Crippen LogP contribution in [0.1, 0.15) is 12.0 Å². The van der Waals surface area contributed by atoms with Crippen molar-refractivity contribution in [3.63, 3.8) is 0 Å². The first-order valence-corrected chi connectivity index (χ1v) is 8.68. The van der Waals surface area contributed by atoms with Gasteiger partial charge in [-0.05, 0) is 18.6 Å². The van der Waals surface area contributed by atoms with E-state index in [0.29, 0.717) is 12.0 Å². The summed E-state index contributed by atoms with van der Waals surface area (Å²) in [6.07, 6.45) is 2.33. The minimum atomic E-state index is -3.00. The minimum absolute atomic E-state index is 0.0555. The van der Waals surface area contributed by atoms with E-state index in [-0.39, 0.29) is 30.1 Å². The van der Waals surface area contributed by atoms with E-state index in [1.54, 1.807) is 7.05 Å². The van der Waals surface area contributed by atoms with Crippen molar-refractivity contribution in [2.24, 2.45) is 0 Å². The second-order valence-electron chi connectivity index (χ2n) is 5.47. The lowest BCUT2D eigenvalue weighted by Crippen LogP contribution is -2.39. The number of carbonyl (C=O) groups excluding carboxylic acids is 1. The van der Waals surface area contributed by atoms with E-state index in [0.717, 1.165) is 11.3 Å². The number of para-hydroxylation sites is 1. The Kier molecular flexibility index (Phi) is 3.49. The standard InChI is InChI=1S/C15H17NO4S/c1-16(13-6-7-21(18,19)10-13)15(17)12-8-11-4-2-3-5-14(11)20-9-12/h2-5,8,13H,6-7,9-10H2,1H3/t13-/m0/s1. The maximum absolute atomic E-state index is 12.5. The van der Waals surface area contributed by atoms with Crippen LogP contribution in [0.25, 0.3) is 6.08 Å². The molecule has 1 fully saturated rings. The molecule has 0 aromatic heterocycles. The third-order valence-electron chi connectivity index (χ3n) is 3.98. The van der Waals surface area contributed by atoms with E-state index >= 15 is 0 Å². The molecule has 1 atom stereocenters. The van der Waals surface area contributed by atoms with Crippen LogP contribution in [-0.4, -0.2) is 50.4 Å². The van der Waals surface area contributed by atoms with Gasteiger partial charge in [0.15, 0.2) is 9.84 Å². The van der Waals surface area contributed by atoms with Gasteiger partial charge in [-0.3, -0.25) is 4.79 Å². The Balaban J connectivity index is 1.79. The van der Waals surface area contributed by atoms with Crippen LogP contribution in [0.5, 0.6) is 5.75 Å². The highest BCUT2D eigenvalue weighted by atomic mass is 32.2. The topological polar surface area (TPSA) is 63.7 Å². The highest BCUT2D eigenvalue weighted by Gasteiger charge is 2.34. The Morgan fingerprint density at radius 3 is 2.81 bits per heavy atom. The molecule has 0 radical (unpaired) electrons. The van der Waals surface area contributed by atoms with Gasteiger partial charge in [0.1, 0.15) is 12.4 Å². The second kappa shape index (κ2) is 5.18. The molecule has 2 heterocycles. The zero-order valence-electron chi connectivity index (χ0n) is 11.8. The quantitative estimate of drug-likeness (QED) is 0.821. The van der Waals surface area contributed by atoms with Gasteiger partial charge in [0.25, 0.3) is 5.91 Å². The van der Waals surface area contributed by atoms with Crippen molar-refractivity contribution < 1.29 is 17.9 Å². The Morgan fingerprint density at radius 1 is 1.33 bits per heavy atom. The van der Waals surface area contributed by atoms with E-state index in [1.165, 1.54) is 4.90 Å². The number of carbonyl (C=O) groups is 1. The summed E-state index contributed by atoms with van der Waals surface area (Å²) in [4.78, 5) is 14.0. The minimum Gasteiger partial charge on any atom is -0.488 e. The van der Waals surface area contributed by atoms with Gasteiger partial charge in [-0.1, -0.05) is 18.2 Å². The van der Waals surface area contributed by atoms with Crippen molar-refractivity contribution in [2.75, 3.05) is 25.2 Å². The molecule has 1 aromatic carbocycles. The molecule has 0 saturated carbocycles. The number of fused-ring (bicyclic) bond motifs is 1. The van der Waals surface area contributed by atoms with Gasteiger partial charge in [0.05, 0.1) is 17.1 Å². The Labute approximate surface area is 124 Å². The third kappa shape index (κ3) is 2.81. The largest absolute Gasteiger partial charge is 0.488 e. The van der Waals surface area contributed by atoms with Crippen LogP contribution >= 0.6 is 0 Å². The van der Waals surface area contributed by atoms with Crippen LogP contribution in [-0.2, 0) is 14.6 Å². The van der Waals surface area contributed by atoms with E-state index in [1.807, 2.05) is 30.3 Å². The fraction of sp³-hybridized carbons (Fsp3) is 0.400. The monoisotopic (exact) mass is 307 g/mol. The van der Waals surface area contributed by atoms with Crippen LogP contribution < -0.4 is 4.74 Å². The summed E-state index contributed by atoms with van der Waals surface area (Å²) in [5.74, 6) is 0.819. The van der Waals surface area contributed by atoms with E-state index in [9.17, 15) is 13.2 Å². The van der Waals surface area contributed by atoms with E-state index < -0.39 is 9.84 Å². The molecule has 1 aromatic rings. The first-order valence-electron chi connectivity index (χ1n) is 6.86. The van der Waals surface area contributed by atoms with Gasteiger partial charge in [-0.15, -0.1) is 0 Å². The van der Waals surface area contributed by atoms with Crippen LogP contribution in [0, 0.1) is 0 Å². The fourth-order valence-electron chi connectivity index (χ4n) is 2.71. The molecule has 3 rings (SSSR count). The molecular formula is C15H17NO4S. The number of ether oxygens (including phenoxy) is 1. The zero-order valence-corrected chi connectivity index (χ0v) is 12.6. The molecule has 112 valence electrons. The molecule has 0 spiro atoms. The van der Waals surface area contributed by atoms with Crippen LogP contribution in [0.3, 0.4) is 0 Å². The molecule has 5 nitrogen and oxygen atoms in total. The number of benzene rings is 1. The predicted molar refractivity (Wildman–Crippen MR) is 79.7 cm³/mol. The van der Waals surface area contributed by atoms with Crippen molar-refractivity contribution in [1.29, 1.82) is 0 Å².